The number of hydrogen-bond acceptors (Lipinski definition) is 4. The van der Waals surface area contributed by atoms with Gasteiger partial charge in [0.15, 0.2) is 0 Å². The van der Waals surface area contributed by atoms with Crippen LogP contribution in [0.25, 0.3) is 0 Å². The van der Waals surface area contributed by atoms with Gasteiger partial charge in [0.25, 0.3) is 0 Å². The fraction of sp³-hybridized carbons (Fsp3) is 0.300. The van der Waals surface area contributed by atoms with E-state index in [0.29, 0.717) is 20.7 Å². The maximum Gasteiger partial charge on any atom is 0.244 e. The molecule has 0 radical (unpaired) electrons. The van der Waals surface area contributed by atoms with Crippen LogP contribution in [0.3, 0.4) is 0 Å². The van der Waals surface area contributed by atoms with Crippen LogP contribution in [0.4, 0.5) is 5.69 Å². The standard InChI is InChI=1S/C20H23BrClN3O4S/c1-14(20(27)23-2)24(12-15-8-4-6-10-17(15)22)19(26)13-25(30(3,28)29)18-11-7-5-9-16(18)21/h4-11,14H,12-13H2,1-3H3,(H,23,27)/t14-/m0/s1. The lowest BCUT2D eigenvalue weighted by molar-refractivity contribution is -0.139. The van der Waals surface area contributed by atoms with E-state index in [1.54, 1.807) is 55.5 Å². The molecule has 0 saturated heterocycles. The largest absolute Gasteiger partial charge is 0.357 e. The number of hydrogen-bond donors (Lipinski definition) is 1. The van der Waals surface area contributed by atoms with Gasteiger partial charge in [0.05, 0.1) is 11.9 Å². The lowest BCUT2D eigenvalue weighted by Gasteiger charge is -2.31. The number of para-hydroxylation sites is 1. The molecule has 1 atom stereocenters. The van der Waals surface area contributed by atoms with Gasteiger partial charge in [0.1, 0.15) is 12.6 Å². The monoisotopic (exact) mass is 515 g/mol. The molecule has 0 aliphatic rings. The van der Waals surface area contributed by atoms with Gasteiger partial charge in [0.2, 0.25) is 21.8 Å². The Kier molecular flexibility index (Phi) is 8.28. The summed E-state index contributed by atoms with van der Waals surface area (Å²) >= 11 is 9.57. The zero-order valence-electron chi connectivity index (χ0n) is 16.8. The summed E-state index contributed by atoms with van der Waals surface area (Å²) in [6.07, 6.45) is 1.03. The van der Waals surface area contributed by atoms with Gasteiger partial charge < -0.3 is 10.2 Å². The van der Waals surface area contributed by atoms with Gasteiger partial charge >= 0.3 is 0 Å². The average Bonchev–Trinajstić information content (AvgIpc) is 2.70. The second-order valence-electron chi connectivity index (χ2n) is 6.62. The Morgan fingerprint density at radius 2 is 1.73 bits per heavy atom. The van der Waals surface area contributed by atoms with Gasteiger partial charge in [-0.05, 0) is 46.6 Å². The number of likely N-dealkylation sites (N-methyl/N-ethyl adjacent to an activating group) is 1. The highest BCUT2D eigenvalue weighted by atomic mass is 79.9. The zero-order chi connectivity index (χ0) is 22.5. The Bertz CT molecular complexity index is 1030. The fourth-order valence-corrected chi connectivity index (χ4v) is 4.52. The Hall–Kier alpha value is -2.10. The highest BCUT2D eigenvalue weighted by Crippen LogP contribution is 2.28. The topological polar surface area (TPSA) is 86.8 Å². The molecule has 0 bridgehead atoms. The summed E-state index contributed by atoms with van der Waals surface area (Å²) in [6, 6.07) is 12.8. The van der Waals surface area contributed by atoms with Crippen LogP contribution in [0.5, 0.6) is 0 Å². The Balaban J connectivity index is 2.41. The number of nitrogens with zero attached hydrogens (tertiary/aromatic N) is 2. The van der Waals surface area contributed by atoms with Gasteiger partial charge in [-0.1, -0.05) is 41.9 Å². The molecule has 2 aromatic carbocycles. The third-order valence-electron chi connectivity index (χ3n) is 4.51. The maximum absolute atomic E-state index is 13.2. The number of sulfonamides is 1. The summed E-state index contributed by atoms with van der Waals surface area (Å²) in [4.78, 5) is 26.8. The van der Waals surface area contributed by atoms with E-state index < -0.39 is 28.5 Å². The first-order chi connectivity index (χ1) is 14.1. The predicted molar refractivity (Wildman–Crippen MR) is 122 cm³/mol. The Labute approximate surface area is 190 Å². The number of benzene rings is 2. The van der Waals surface area contributed by atoms with Crippen molar-refractivity contribution in [1.29, 1.82) is 0 Å². The molecule has 0 fully saturated rings. The first-order valence-electron chi connectivity index (χ1n) is 9.03. The maximum atomic E-state index is 13.2. The summed E-state index contributed by atoms with van der Waals surface area (Å²) in [5.41, 5.74) is 0.980. The van der Waals surface area contributed by atoms with E-state index in [9.17, 15) is 18.0 Å². The molecule has 0 aromatic heterocycles. The van der Waals surface area contributed by atoms with Gasteiger partial charge in [-0.25, -0.2) is 8.42 Å². The normalized spacial score (nSPS) is 12.2. The van der Waals surface area contributed by atoms with E-state index in [1.165, 1.54) is 11.9 Å². The van der Waals surface area contributed by atoms with E-state index in [4.69, 9.17) is 11.6 Å². The van der Waals surface area contributed by atoms with E-state index in [1.807, 2.05) is 0 Å². The SMILES string of the molecule is CNC(=O)[C@H](C)N(Cc1ccccc1Cl)C(=O)CN(c1ccccc1Br)S(C)(=O)=O. The molecular formula is C20H23BrClN3O4S. The van der Waals surface area contributed by atoms with Crippen molar-refractivity contribution in [1.82, 2.24) is 10.2 Å². The van der Waals surface area contributed by atoms with E-state index in [0.717, 1.165) is 10.6 Å². The van der Waals surface area contributed by atoms with E-state index in [-0.39, 0.29) is 12.5 Å². The Morgan fingerprint density at radius 3 is 2.30 bits per heavy atom. The van der Waals surface area contributed by atoms with Crippen LogP contribution >= 0.6 is 27.5 Å². The molecule has 1 N–H and O–H groups in total. The highest BCUT2D eigenvalue weighted by Gasteiger charge is 2.30. The molecule has 7 nitrogen and oxygen atoms in total. The number of anilines is 1. The minimum Gasteiger partial charge on any atom is -0.357 e. The summed E-state index contributed by atoms with van der Waals surface area (Å²) < 4.78 is 26.4. The fourth-order valence-electron chi connectivity index (χ4n) is 2.85. The van der Waals surface area contributed by atoms with Crippen molar-refractivity contribution < 1.29 is 18.0 Å². The number of halogens is 2. The van der Waals surface area contributed by atoms with Crippen molar-refractivity contribution in [2.24, 2.45) is 0 Å². The van der Waals surface area contributed by atoms with Crippen molar-refractivity contribution >= 4 is 55.1 Å². The van der Waals surface area contributed by atoms with Crippen LogP contribution in [0.2, 0.25) is 5.02 Å². The van der Waals surface area contributed by atoms with Crippen molar-refractivity contribution in [3.05, 3.63) is 63.6 Å². The molecule has 10 heteroatoms. The molecule has 162 valence electrons. The van der Waals surface area contributed by atoms with Crippen LogP contribution in [-0.2, 0) is 26.2 Å². The number of rotatable bonds is 8. The lowest BCUT2D eigenvalue weighted by Crippen LogP contribution is -2.50. The number of amides is 2. The van der Waals surface area contributed by atoms with Gasteiger partial charge in [-0.3, -0.25) is 13.9 Å². The molecule has 2 aromatic rings. The van der Waals surface area contributed by atoms with Crippen LogP contribution in [-0.4, -0.2) is 51.0 Å². The van der Waals surface area contributed by atoms with Crippen LogP contribution in [0, 0.1) is 0 Å². The number of carbonyl (C=O) groups excluding carboxylic acids is 2. The van der Waals surface area contributed by atoms with Crippen LogP contribution < -0.4 is 9.62 Å². The minimum absolute atomic E-state index is 0.0562. The molecule has 0 spiro atoms. The number of carbonyl (C=O) groups is 2. The number of nitrogens with one attached hydrogen (secondary N) is 1. The molecular weight excluding hydrogens is 494 g/mol. The molecule has 0 heterocycles. The molecule has 2 amide bonds. The van der Waals surface area contributed by atoms with Crippen molar-refractivity contribution in [2.45, 2.75) is 19.5 Å². The molecule has 0 aliphatic heterocycles. The molecule has 30 heavy (non-hydrogen) atoms. The zero-order valence-corrected chi connectivity index (χ0v) is 20.0. The van der Waals surface area contributed by atoms with Gasteiger partial charge in [0, 0.05) is 23.1 Å². The average molecular weight is 517 g/mol. The minimum atomic E-state index is -3.77. The molecule has 2 rings (SSSR count). The molecule has 0 saturated carbocycles. The molecule has 0 aliphatic carbocycles. The smallest absolute Gasteiger partial charge is 0.244 e. The Morgan fingerprint density at radius 1 is 1.13 bits per heavy atom. The van der Waals surface area contributed by atoms with E-state index in [2.05, 4.69) is 21.2 Å². The van der Waals surface area contributed by atoms with Gasteiger partial charge in [-0.2, -0.15) is 0 Å². The van der Waals surface area contributed by atoms with Gasteiger partial charge in [-0.15, -0.1) is 0 Å². The predicted octanol–water partition coefficient (Wildman–Crippen LogP) is 3.03. The van der Waals surface area contributed by atoms with E-state index >= 15 is 0 Å². The molecule has 0 unspecified atom stereocenters. The van der Waals surface area contributed by atoms with Crippen molar-refractivity contribution in [3.63, 3.8) is 0 Å². The second-order valence-corrected chi connectivity index (χ2v) is 9.79. The summed E-state index contributed by atoms with van der Waals surface area (Å²) in [5, 5.41) is 2.97. The summed E-state index contributed by atoms with van der Waals surface area (Å²) in [6.45, 7) is 1.17. The highest BCUT2D eigenvalue weighted by molar-refractivity contribution is 9.10. The van der Waals surface area contributed by atoms with Crippen LogP contribution in [0.15, 0.2) is 53.0 Å². The third-order valence-corrected chi connectivity index (χ3v) is 6.68. The van der Waals surface area contributed by atoms with Crippen molar-refractivity contribution in [2.75, 3.05) is 24.2 Å². The first kappa shape index (κ1) is 24.2. The van der Waals surface area contributed by atoms with Crippen molar-refractivity contribution in [3.8, 4) is 0 Å². The summed E-state index contributed by atoms with van der Waals surface area (Å²) in [5.74, 6) is -0.908. The quantitative estimate of drug-likeness (QED) is 0.584. The second kappa shape index (κ2) is 10.3. The van der Waals surface area contributed by atoms with Crippen LogP contribution in [0.1, 0.15) is 12.5 Å². The summed E-state index contributed by atoms with van der Waals surface area (Å²) in [7, 11) is -2.30. The third kappa shape index (κ3) is 5.96. The lowest BCUT2D eigenvalue weighted by atomic mass is 10.1. The first-order valence-corrected chi connectivity index (χ1v) is 12.0.